The minimum Gasteiger partial charge on any atom is -0.395 e. The molecule has 1 aliphatic rings. The van der Waals surface area contributed by atoms with E-state index in [2.05, 4.69) is 27.2 Å². The van der Waals surface area contributed by atoms with Crippen molar-refractivity contribution in [2.24, 2.45) is 11.8 Å². The maximum Gasteiger partial charge on any atom is 0.158 e. The van der Waals surface area contributed by atoms with E-state index >= 15 is 0 Å². The number of aromatic nitrogens is 2. The van der Waals surface area contributed by atoms with E-state index in [9.17, 15) is 5.11 Å². The van der Waals surface area contributed by atoms with Gasteiger partial charge in [0.25, 0.3) is 0 Å². The second-order valence-electron chi connectivity index (χ2n) is 4.52. The Morgan fingerprint density at radius 3 is 2.94 bits per heavy atom. The molecule has 0 aromatic carbocycles. The summed E-state index contributed by atoms with van der Waals surface area (Å²) < 4.78 is 0. The quantitative estimate of drug-likeness (QED) is 0.503. The lowest BCUT2D eigenvalue weighted by Gasteiger charge is -2.24. The zero-order chi connectivity index (χ0) is 12.3. The molecule has 2 rings (SSSR count). The summed E-state index contributed by atoms with van der Waals surface area (Å²) in [6.45, 7) is 4.11. The highest BCUT2D eigenvalue weighted by Crippen LogP contribution is 2.24. The molecular weight excluding hydrogens is 218 g/mol. The fraction of sp³-hybridized carbons (Fsp3) is 0.636. The smallest absolute Gasteiger partial charge is 0.158 e. The number of hydrogen-bond acceptors (Lipinski definition) is 6. The van der Waals surface area contributed by atoms with Gasteiger partial charge in [-0.1, -0.05) is 6.92 Å². The van der Waals surface area contributed by atoms with Crippen LogP contribution >= 0.6 is 0 Å². The molecule has 0 saturated carbocycles. The molecule has 1 fully saturated rings. The zero-order valence-electron chi connectivity index (χ0n) is 10.0. The van der Waals surface area contributed by atoms with Crippen molar-refractivity contribution in [1.29, 1.82) is 0 Å². The molecular formula is C11H19N5O. The summed E-state index contributed by atoms with van der Waals surface area (Å²) in [5, 5.41) is 9.36. The van der Waals surface area contributed by atoms with Gasteiger partial charge in [0.15, 0.2) is 5.82 Å². The maximum atomic E-state index is 9.36. The number of nitrogens with zero attached hydrogens (tertiary/aromatic N) is 3. The lowest BCUT2D eigenvalue weighted by molar-refractivity contribution is 0.133. The van der Waals surface area contributed by atoms with Gasteiger partial charge in [0.05, 0.1) is 24.7 Å². The third-order valence-corrected chi connectivity index (χ3v) is 3.40. The van der Waals surface area contributed by atoms with Crippen LogP contribution in [0.25, 0.3) is 0 Å². The van der Waals surface area contributed by atoms with E-state index in [0.717, 1.165) is 25.2 Å². The zero-order valence-corrected chi connectivity index (χ0v) is 10.0. The van der Waals surface area contributed by atoms with Crippen LogP contribution in [-0.2, 0) is 6.54 Å². The van der Waals surface area contributed by atoms with Crippen molar-refractivity contribution in [2.45, 2.75) is 25.9 Å². The van der Waals surface area contributed by atoms with Gasteiger partial charge in [0.1, 0.15) is 0 Å². The van der Waals surface area contributed by atoms with Crippen molar-refractivity contribution in [3.05, 3.63) is 18.1 Å². The summed E-state index contributed by atoms with van der Waals surface area (Å²) in [5.41, 5.74) is 3.35. The first-order valence-corrected chi connectivity index (χ1v) is 5.87. The van der Waals surface area contributed by atoms with E-state index in [-0.39, 0.29) is 12.6 Å². The first kappa shape index (κ1) is 12.2. The van der Waals surface area contributed by atoms with E-state index in [1.807, 2.05) is 0 Å². The van der Waals surface area contributed by atoms with Crippen molar-refractivity contribution < 1.29 is 5.11 Å². The molecule has 1 aromatic heterocycles. The Labute approximate surface area is 101 Å². The molecule has 0 amide bonds. The lowest BCUT2D eigenvalue weighted by atomic mass is 10.0. The van der Waals surface area contributed by atoms with Crippen LogP contribution in [0.4, 0.5) is 5.82 Å². The van der Waals surface area contributed by atoms with Crippen LogP contribution in [0, 0.1) is 5.92 Å². The van der Waals surface area contributed by atoms with Crippen LogP contribution in [0.15, 0.2) is 12.4 Å². The molecule has 1 aromatic rings. The first-order valence-electron chi connectivity index (χ1n) is 5.87. The van der Waals surface area contributed by atoms with Crippen LogP contribution in [0.3, 0.4) is 0 Å². The highest BCUT2D eigenvalue weighted by atomic mass is 16.3. The van der Waals surface area contributed by atoms with Crippen LogP contribution in [0.5, 0.6) is 0 Å². The number of aliphatic hydroxyl groups excluding tert-OH is 1. The van der Waals surface area contributed by atoms with Gasteiger partial charge in [0, 0.05) is 12.6 Å². The van der Waals surface area contributed by atoms with Crippen molar-refractivity contribution in [2.75, 3.05) is 18.6 Å². The number of hydrazine groups is 1. The molecule has 4 N–H and O–H groups in total. The third-order valence-electron chi connectivity index (χ3n) is 3.40. The molecule has 6 heteroatoms. The molecule has 17 heavy (non-hydrogen) atoms. The largest absolute Gasteiger partial charge is 0.395 e. The van der Waals surface area contributed by atoms with Gasteiger partial charge in [-0.05, 0) is 18.9 Å². The van der Waals surface area contributed by atoms with E-state index in [1.165, 1.54) is 0 Å². The molecule has 0 spiro atoms. The van der Waals surface area contributed by atoms with Crippen LogP contribution in [0.2, 0.25) is 0 Å². The average Bonchev–Trinajstić information content (AvgIpc) is 2.71. The standard InChI is InChI=1S/C11H19N5O/c1-8-2-3-16(10(8)7-17)6-9-4-14-11(15-12)5-13-9/h4-5,8,10,17H,2-3,6-7,12H2,1H3,(H,14,15). The van der Waals surface area contributed by atoms with Crippen LogP contribution < -0.4 is 11.3 Å². The summed E-state index contributed by atoms with van der Waals surface area (Å²) in [5.74, 6) is 6.33. The predicted octanol–water partition coefficient (Wildman–Crippen LogP) is -0.0351. The van der Waals surface area contributed by atoms with Gasteiger partial charge >= 0.3 is 0 Å². The SMILES string of the molecule is CC1CCN(Cc2cnc(NN)cn2)C1CO. The molecule has 2 unspecified atom stereocenters. The average molecular weight is 237 g/mol. The Kier molecular flexibility index (Phi) is 3.88. The fourth-order valence-electron chi connectivity index (χ4n) is 2.30. The van der Waals surface area contributed by atoms with E-state index < -0.39 is 0 Å². The van der Waals surface area contributed by atoms with Gasteiger partial charge in [-0.3, -0.25) is 9.88 Å². The molecule has 2 heterocycles. The number of likely N-dealkylation sites (tertiary alicyclic amines) is 1. The highest BCUT2D eigenvalue weighted by molar-refractivity contribution is 5.28. The second kappa shape index (κ2) is 5.39. The molecule has 6 nitrogen and oxygen atoms in total. The number of anilines is 1. The Morgan fingerprint density at radius 1 is 1.53 bits per heavy atom. The summed E-state index contributed by atoms with van der Waals surface area (Å²) in [6.07, 6.45) is 4.45. The summed E-state index contributed by atoms with van der Waals surface area (Å²) in [6, 6.07) is 0.240. The Hall–Kier alpha value is -1.24. The lowest BCUT2D eigenvalue weighted by Crippen LogP contribution is -2.34. The Bertz CT molecular complexity index is 355. The minimum atomic E-state index is 0.205. The number of rotatable bonds is 4. The monoisotopic (exact) mass is 237 g/mol. The normalized spacial score (nSPS) is 25.1. The summed E-state index contributed by atoms with van der Waals surface area (Å²) in [4.78, 5) is 10.7. The van der Waals surface area contributed by atoms with Gasteiger partial charge < -0.3 is 10.5 Å². The van der Waals surface area contributed by atoms with E-state index in [4.69, 9.17) is 5.84 Å². The van der Waals surface area contributed by atoms with Gasteiger partial charge in [-0.25, -0.2) is 10.8 Å². The number of hydrogen-bond donors (Lipinski definition) is 3. The molecule has 1 saturated heterocycles. The number of aliphatic hydroxyl groups is 1. The first-order chi connectivity index (χ1) is 8.24. The molecule has 0 radical (unpaired) electrons. The Balaban J connectivity index is 2.00. The van der Waals surface area contributed by atoms with E-state index in [1.54, 1.807) is 12.4 Å². The number of nitrogens with two attached hydrogens (primary N) is 1. The van der Waals surface area contributed by atoms with E-state index in [0.29, 0.717) is 11.7 Å². The maximum absolute atomic E-state index is 9.36. The fourth-order valence-corrected chi connectivity index (χ4v) is 2.30. The van der Waals surface area contributed by atoms with Crippen molar-refractivity contribution in [3.63, 3.8) is 0 Å². The summed E-state index contributed by atoms with van der Waals surface area (Å²) in [7, 11) is 0. The third kappa shape index (κ3) is 2.71. The van der Waals surface area contributed by atoms with Gasteiger partial charge in [0.2, 0.25) is 0 Å². The predicted molar refractivity (Wildman–Crippen MR) is 64.9 cm³/mol. The number of nitrogen functional groups attached to an aromatic ring is 1. The van der Waals surface area contributed by atoms with Crippen molar-refractivity contribution in [3.8, 4) is 0 Å². The molecule has 1 aliphatic heterocycles. The highest BCUT2D eigenvalue weighted by Gasteiger charge is 2.30. The van der Waals surface area contributed by atoms with Crippen molar-refractivity contribution in [1.82, 2.24) is 14.9 Å². The van der Waals surface area contributed by atoms with Gasteiger partial charge in [-0.15, -0.1) is 0 Å². The minimum absolute atomic E-state index is 0.205. The molecule has 2 atom stereocenters. The molecule has 0 bridgehead atoms. The summed E-state index contributed by atoms with van der Waals surface area (Å²) >= 11 is 0. The topological polar surface area (TPSA) is 87.3 Å². The molecule has 94 valence electrons. The van der Waals surface area contributed by atoms with Crippen LogP contribution in [0.1, 0.15) is 19.0 Å². The van der Waals surface area contributed by atoms with Crippen LogP contribution in [-0.4, -0.2) is 39.2 Å². The second-order valence-corrected chi connectivity index (χ2v) is 4.52. The van der Waals surface area contributed by atoms with Crippen molar-refractivity contribution >= 4 is 5.82 Å². The van der Waals surface area contributed by atoms with Gasteiger partial charge in [-0.2, -0.15) is 0 Å². The molecule has 0 aliphatic carbocycles. The number of nitrogens with one attached hydrogen (secondary N) is 1. The Morgan fingerprint density at radius 2 is 2.35 bits per heavy atom.